The molecule has 3 rings (SSSR count). The molecule has 7 nitrogen and oxygen atoms in total. The fourth-order valence-corrected chi connectivity index (χ4v) is 3.70. The second-order valence-electron chi connectivity index (χ2n) is 5.66. The van der Waals surface area contributed by atoms with Gasteiger partial charge in [-0.3, -0.25) is 9.52 Å². The summed E-state index contributed by atoms with van der Waals surface area (Å²) in [6, 6.07) is 12.7. The highest BCUT2D eigenvalue weighted by atomic mass is 32.2. The molecule has 1 heterocycles. The number of hydrogen-bond acceptors (Lipinski definition) is 5. The molecule has 0 atom stereocenters. The molecular formula is C18H16FN3O4S. The molecule has 0 spiro atoms. The van der Waals surface area contributed by atoms with Crippen molar-refractivity contribution in [2.24, 2.45) is 7.05 Å². The highest BCUT2D eigenvalue weighted by molar-refractivity contribution is 7.92. The number of hydrogen-bond donors (Lipinski definition) is 1. The Morgan fingerprint density at radius 1 is 1.11 bits per heavy atom. The quantitative estimate of drug-likeness (QED) is 0.724. The molecule has 27 heavy (non-hydrogen) atoms. The molecular weight excluding hydrogens is 373 g/mol. The second kappa shape index (κ2) is 7.20. The topological polar surface area (TPSA) is 90.3 Å². The molecule has 1 N–H and O–H groups in total. The Morgan fingerprint density at radius 2 is 1.89 bits per heavy atom. The van der Waals surface area contributed by atoms with E-state index in [9.17, 15) is 17.6 Å². The first-order valence-electron chi connectivity index (χ1n) is 7.81. The number of ether oxygens (including phenoxy) is 1. The van der Waals surface area contributed by atoms with Crippen LogP contribution in [0.5, 0.6) is 5.75 Å². The van der Waals surface area contributed by atoms with Crippen molar-refractivity contribution in [3.05, 3.63) is 70.8 Å². The number of halogens is 1. The summed E-state index contributed by atoms with van der Waals surface area (Å²) >= 11 is 0. The first-order chi connectivity index (χ1) is 12.8. The zero-order valence-corrected chi connectivity index (χ0v) is 15.3. The Kier molecular flexibility index (Phi) is 4.95. The molecule has 140 valence electrons. The highest BCUT2D eigenvalue weighted by Crippen LogP contribution is 2.28. The monoisotopic (exact) mass is 389 g/mol. The minimum atomic E-state index is -4.08. The second-order valence-corrected chi connectivity index (χ2v) is 7.31. The van der Waals surface area contributed by atoms with Gasteiger partial charge in [0.05, 0.1) is 12.8 Å². The number of nitrogens with one attached hydrogen (secondary N) is 1. The lowest BCUT2D eigenvalue weighted by molar-refractivity contribution is 0.401. The standard InChI is InChI=1S/C18H16FN3O4S/c1-22-18(23)9-7-15(20-22)12-4-3-5-14(10-12)21-27(24,25)17-11-13(19)6-8-16(17)26-2/h3-11,21H,1-2H3. The first-order valence-corrected chi connectivity index (χ1v) is 9.29. The van der Waals surface area contributed by atoms with Crippen molar-refractivity contribution in [2.75, 3.05) is 11.8 Å². The highest BCUT2D eigenvalue weighted by Gasteiger charge is 2.21. The molecule has 0 radical (unpaired) electrons. The van der Waals surface area contributed by atoms with E-state index in [1.807, 2.05) is 0 Å². The van der Waals surface area contributed by atoms with Crippen molar-refractivity contribution in [3.63, 3.8) is 0 Å². The molecule has 1 aromatic heterocycles. The number of methoxy groups -OCH3 is 1. The first kappa shape index (κ1) is 18.6. The van der Waals surface area contributed by atoms with Crippen LogP contribution < -0.4 is 15.0 Å². The van der Waals surface area contributed by atoms with Crippen LogP contribution in [0.15, 0.2) is 64.3 Å². The van der Waals surface area contributed by atoms with E-state index in [-0.39, 0.29) is 21.9 Å². The summed E-state index contributed by atoms with van der Waals surface area (Å²) in [6.07, 6.45) is 0. The maximum Gasteiger partial charge on any atom is 0.266 e. The Morgan fingerprint density at radius 3 is 2.59 bits per heavy atom. The lowest BCUT2D eigenvalue weighted by Gasteiger charge is -2.12. The molecule has 3 aromatic rings. The average molecular weight is 389 g/mol. The molecule has 0 aliphatic heterocycles. The van der Waals surface area contributed by atoms with Crippen LogP contribution in [-0.4, -0.2) is 25.3 Å². The van der Waals surface area contributed by atoms with Gasteiger partial charge in [-0.2, -0.15) is 5.10 Å². The Bertz CT molecular complexity index is 1160. The number of anilines is 1. The zero-order valence-electron chi connectivity index (χ0n) is 14.5. The number of sulfonamides is 1. The van der Waals surface area contributed by atoms with Gasteiger partial charge >= 0.3 is 0 Å². The van der Waals surface area contributed by atoms with Gasteiger partial charge in [0.25, 0.3) is 15.6 Å². The Labute approximate surface area is 155 Å². The van der Waals surface area contributed by atoms with Crippen molar-refractivity contribution < 1.29 is 17.5 Å². The van der Waals surface area contributed by atoms with Crippen LogP contribution in [-0.2, 0) is 17.1 Å². The minimum Gasteiger partial charge on any atom is -0.495 e. The van der Waals surface area contributed by atoms with Crippen LogP contribution in [0.2, 0.25) is 0 Å². The van der Waals surface area contributed by atoms with E-state index in [1.165, 1.54) is 31.0 Å². The van der Waals surface area contributed by atoms with E-state index in [1.54, 1.807) is 30.3 Å². The predicted molar refractivity (Wildman–Crippen MR) is 98.7 cm³/mol. The summed E-state index contributed by atoms with van der Waals surface area (Å²) in [4.78, 5) is 11.2. The number of aryl methyl sites for hydroxylation is 1. The maximum atomic E-state index is 13.5. The van der Waals surface area contributed by atoms with E-state index in [2.05, 4.69) is 9.82 Å². The number of aromatic nitrogens is 2. The van der Waals surface area contributed by atoms with Crippen LogP contribution in [0.25, 0.3) is 11.3 Å². The molecule has 0 amide bonds. The normalized spacial score (nSPS) is 11.2. The van der Waals surface area contributed by atoms with Crippen molar-refractivity contribution in [1.82, 2.24) is 9.78 Å². The summed E-state index contributed by atoms with van der Waals surface area (Å²) in [5.74, 6) is -0.667. The summed E-state index contributed by atoms with van der Waals surface area (Å²) in [7, 11) is -1.26. The Hall–Kier alpha value is -3.20. The Balaban J connectivity index is 1.97. The van der Waals surface area contributed by atoms with E-state index < -0.39 is 15.8 Å². The molecule has 0 saturated heterocycles. The molecule has 9 heteroatoms. The van der Waals surface area contributed by atoms with Crippen LogP contribution in [0.3, 0.4) is 0 Å². The fraction of sp³-hybridized carbons (Fsp3) is 0.111. The SMILES string of the molecule is COc1ccc(F)cc1S(=O)(=O)Nc1cccc(-c2ccc(=O)n(C)n2)c1. The van der Waals surface area contributed by atoms with Crippen molar-refractivity contribution in [3.8, 4) is 17.0 Å². The van der Waals surface area contributed by atoms with E-state index in [0.29, 0.717) is 11.3 Å². The summed E-state index contributed by atoms with van der Waals surface area (Å²) in [5, 5.41) is 4.14. The van der Waals surface area contributed by atoms with Gasteiger partial charge in [0.2, 0.25) is 0 Å². The lowest BCUT2D eigenvalue weighted by Crippen LogP contribution is -2.18. The van der Waals surface area contributed by atoms with Crippen molar-refractivity contribution >= 4 is 15.7 Å². The fourth-order valence-electron chi connectivity index (χ4n) is 2.47. The molecule has 0 aliphatic carbocycles. The van der Waals surface area contributed by atoms with Gasteiger partial charge in [-0.15, -0.1) is 0 Å². The van der Waals surface area contributed by atoms with Gasteiger partial charge in [0.15, 0.2) is 0 Å². The van der Waals surface area contributed by atoms with E-state index >= 15 is 0 Å². The molecule has 0 unspecified atom stereocenters. The lowest BCUT2D eigenvalue weighted by atomic mass is 10.1. The summed E-state index contributed by atoms with van der Waals surface area (Å²) in [5.41, 5.74) is 1.11. The summed E-state index contributed by atoms with van der Waals surface area (Å²) in [6.45, 7) is 0. The van der Waals surface area contributed by atoms with Gasteiger partial charge < -0.3 is 4.74 Å². The average Bonchev–Trinajstić information content (AvgIpc) is 2.64. The van der Waals surface area contributed by atoms with Gasteiger partial charge in [0, 0.05) is 24.4 Å². The molecule has 0 fully saturated rings. The molecule has 0 bridgehead atoms. The van der Waals surface area contributed by atoms with Gasteiger partial charge in [-0.05, 0) is 36.4 Å². The number of benzene rings is 2. The van der Waals surface area contributed by atoms with E-state index in [4.69, 9.17) is 4.74 Å². The van der Waals surface area contributed by atoms with Gasteiger partial charge in [-0.25, -0.2) is 17.5 Å². The summed E-state index contributed by atoms with van der Waals surface area (Å²) < 4.78 is 47.4. The number of rotatable bonds is 5. The van der Waals surface area contributed by atoms with Crippen molar-refractivity contribution in [2.45, 2.75) is 4.90 Å². The third kappa shape index (κ3) is 3.98. The molecule has 0 saturated carbocycles. The molecule has 0 aliphatic rings. The smallest absolute Gasteiger partial charge is 0.266 e. The van der Waals surface area contributed by atoms with Crippen LogP contribution in [0.1, 0.15) is 0 Å². The third-order valence-corrected chi connectivity index (χ3v) is 5.19. The minimum absolute atomic E-state index is 0.0276. The largest absolute Gasteiger partial charge is 0.495 e. The van der Waals surface area contributed by atoms with Crippen LogP contribution in [0.4, 0.5) is 10.1 Å². The van der Waals surface area contributed by atoms with Gasteiger partial charge in [-0.1, -0.05) is 12.1 Å². The van der Waals surface area contributed by atoms with Crippen molar-refractivity contribution in [1.29, 1.82) is 0 Å². The zero-order chi connectivity index (χ0) is 19.6. The van der Waals surface area contributed by atoms with Crippen LogP contribution >= 0.6 is 0 Å². The predicted octanol–water partition coefficient (Wildman–Crippen LogP) is 2.40. The molecule has 2 aromatic carbocycles. The number of nitrogens with zero attached hydrogens (tertiary/aromatic N) is 2. The third-order valence-electron chi connectivity index (χ3n) is 3.79. The van der Waals surface area contributed by atoms with E-state index in [0.717, 1.165) is 12.1 Å². The van der Waals surface area contributed by atoms with Crippen LogP contribution in [0, 0.1) is 5.82 Å². The maximum absolute atomic E-state index is 13.5. The van der Waals surface area contributed by atoms with Gasteiger partial charge in [0.1, 0.15) is 16.5 Å².